The van der Waals surface area contributed by atoms with Crippen molar-refractivity contribution >= 4 is 15.4 Å². The fourth-order valence-corrected chi connectivity index (χ4v) is 2.23. The standard InChI is InChI=1S/C12H18NSi/c1-4-10(9(2)13-3)11-7-5-6-8-12(11)14/h5-10,13H,4H2,1-3H3. The first-order valence-electron chi connectivity index (χ1n) is 5.18. The zero-order chi connectivity index (χ0) is 10.6. The quantitative estimate of drug-likeness (QED) is 0.734. The molecule has 75 valence electrons. The topological polar surface area (TPSA) is 12.0 Å². The van der Waals surface area contributed by atoms with Gasteiger partial charge in [0.05, 0.1) is 10.2 Å². The molecule has 0 heterocycles. The second-order valence-corrected chi connectivity index (χ2v) is 4.22. The van der Waals surface area contributed by atoms with Gasteiger partial charge in [-0.25, -0.2) is 0 Å². The molecule has 1 aromatic rings. The van der Waals surface area contributed by atoms with Crippen LogP contribution in [0.15, 0.2) is 24.3 Å². The first kappa shape index (κ1) is 11.5. The highest BCUT2D eigenvalue weighted by Gasteiger charge is 2.16. The third kappa shape index (κ3) is 2.46. The summed E-state index contributed by atoms with van der Waals surface area (Å²) in [6.07, 6.45) is 1.16. The van der Waals surface area contributed by atoms with E-state index in [2.05, 4.69) is 53.7 Å². The van der Waals surface area contributed by atoms with E-state index in [1.165, 1.54) is 10.8 Å². The van der Waals surface area contributed by atoms with Crippen LogP contribution in [0.25, 0.3) is 0 Å². The molecule has 1 rings (SSSR count). The van der Waals surface area contributed by atoms with Crippen LogP contribution in [0, 0.1) is 0 Å². The number of hydrogen-bond acceptors (Lipinski definition) is 1. The van der Waals surface area contributed by atoms with Gasteiger partial charge in [-0.3, -0.25) is 0 Å². The SMILES string of the molecule is CCC(c1ccccc1[Si])C(C)NC. The third-order valence-corrected chi connectivity index (χ3v) is 3.31. The maximum Gasteiger partial charge on any atom is 0.0715 e. The molecule has 2 unspecified atom stereocenters. The summed E-state index contributed by atoms with van der Waals surface area (Å²) in [4.78, 5) is 0. The van der Waals surface area contributed by atoms with Gasteiger partial charge < -0.3 is 5.32 Å². The first-order chi connectivity index (χ1) is 6.70. The Morgan fingerprint density at radius 1 is 1.36 bits per heavy atom. The third-order valence-electron chi connectivity index (χ3n) is 2.86. The lowest BCUT2D eigenvalue weighted by Gasteiger charge is -2.24. The van der Waals surface area contributed by atoms with E-state index >= 15 is 0 Å². The van der Waals surface area contributed by atoms with Crippen molar-refractivity contribution in [2.75, 3.05) is 7.05 Å². The predicted molar refractivity (Wildman–Crippen MR) is 63.4 cm³/mol. The molecule has 1 nitrogen and oxygen atoms in total. The summed E-state index contributed by atoms with van der Waals surface area (Å²) in [6, 6.07) is 8.98. The smallest absolute Gasteiger partial charge is 0.0715 e. The van der Waals surface area contributed by atoms with Gasteiger partial charge in [0.1, 0.15) is 0 Å². The minimum Gasteiger partial charge on any atom is -0.317 e. The average molecular weight is 204 g/mol. The molecule has 0 amide bonds. The molecular formula is C12H18NSi. The molecule has 14 heavy (non-hydrogen) atoms. The molecule has 0 aliphatic heterocycles. The van der Waals surface area contributed by atoms with Gasteiger partial charge in [-0.05, 0) is 31.9 Å². The van der Waals surface area contributed by atoms with Crippen LogP contribution in [0.5, 0.6) is 0 Å². The summed E-state index contributed by atoms with van der Waals surface area (Å²) in [5.74, 6) is 0.577. The highest BCUT2D eigenvalue weighted by atomic mass is 28.1. The van der Waals surface area contributed by atoms with Crippen LogP contribution in [-0.2, 0) is 0 Å². The molecule has 0 aliphatic rings. The molecule has 0 spiro atoms. The van der Waals surface area contributed by atoms with Crippen LogP contribution in [0.3, 0.4) is 0 Å². The Kier molecular flexibility index (Phi) is 4.36. The van der Waals surface area contributed by atoms with Gasteiger partial charge in [-0.1, -0.05) is 36.4 Å². The second-order valence-electron chi connectivity index (χ2n) is 3.68. The molecule has 2 heteroatoms. The van der Waals surface area contributed by atoms with E-state index in [1.807, 2.05) is 7.05 Å². The Morgan fingerprint density at radius 3 is 2.50 bits per heavy atom. The molecular weight excluding hydrogens is 186 g/mol. The van der Waals surface area contributed by atoms with Gasteiger partial charge in [0, 0.05) is 6.04 Å². The largest absolute Gasteiger partial charge is 0.317 e. The summed E-state index contributed by atoms with van der Waals surface area (Å²) < 4.78 is 0. The van der Waals surface area contributed by atoms with Crippen LogP contribution in [0.4, 0.5) is 0 Å². The molecule has 0 fully saturated rings. The summed E-state index contributed by atoms with van der Waals surface area (Å²) >= 11 is 0. The molecule has 0 aromatic heterocycles. The molecule has 0 bridgehead atoms. The molecule has 1 aromatic carbocycles. The van der Waals surface area contributed by atoms with Gasteiger partial charge in [0.15, 0.2) is 0 Å². The summed E-state index contributed by atoms with van der Waals surface area (Å²) in [5.41, 5.74) is 1.40. The Morgan fingerprint density at radius 2 is 2.00 bits per heavy atom. The van der Waals surface area contributed by atoms with E-state index in [0.717, 1.165) is 6.42 Å². The minimum atomic E-state index is 0.512. The zero-order valence-electron chi connectivity index (χ0n) is 9.17. The Bertz CT molecular complexity index is 285. The number of nitrogens with one attached hydrogen (secondary N) is 1. The van der Waals surface area contributed by atoms with Gasteiger partial charge in [-0.2, -0.15) is 0 Å². The Balaban J connectivity index is 2.94. The van der Waals surface area contributed by atoms with Crippen molar-refractivity contribution < 1.29 is 0 Å². The molecule has 0 aliphatic carbocycles. The Labute approximate surface area is 90.3 Å². The number of hydrogen-bond donors (Lipinski definition) is 1. The molecule has 0 saturated carbocycles. The van der Waals surface area contributed by atoms with Crippen molar-refractivity contribution in [1.29, 1.82) is 0 Å². The summed E-state index contributed by atoms with van der Waals surface area (Å²) in [6.45, 7) is 4.46. The van der Waals surface area contributed by atoms with Crippen molar-refractivity contribution in [2.24, 2.45) is 0 Å². The van der Waals surface area contributed by atoms with Crippen LogP contribution in [0.2, 0.25) is 0 Å². The van der Waals surface area contributed by atoms with Crippen molar-refractivity contribution in [2.45, 2.75) is 32.2 Å². The van der Waals surface area contributed by atoms with Crippen molar-refractivity contribution in [3.8, 4) is 0 Å². The fraction of sp³-hybridized carbons (Fsp3) is 0.500. The number of likely N-dealkylation sites (N-methyl/N-ethyl adjacent to an activating group) is 1. The average Bonchev–Trinajstić information content (AvgIpc) is 2.21. The van der Waals surface area contributed by atoms with Crippen molar-refractivity contribution in [1.82, 2.24) is 5.32 Å². The first-order valence-corrected chi connectivity index (χ1v) is 5.68. The monoisotopic (exact) mass is 204 g/mol. The van der Waals surface area contributed by atoms with Crippen LogP contribution < -0.4 is 10.5 Å². The number of rotatable bonds is 4. The molecule has 3 radical (unpaired) electrons. The maximum atomic E-state index is 3.66. The van der Waals surface area contributed by atoms with Gasteiger partial charge >= 0.3 is 0 Å². The summed E-state index contributed by atoms with van der Waals surface area (Å²) in [7, 11) is 5.68. The van der Waals surface area contributed by atoms with E-state index in [0.29, 0.717) is 12.0 Å². The maximum absolute atomic E-state index is 3.66. The van der Waals surface area contributed by atoms with Gasteiger partial charge in [0.2, 0.25) is 0 Å². The lowest BCUT2D eigenvalue weighted by molar-refractivity contribution is 0.485. The fourth-order valence-electron chi connectivity index (χ4n) is 1.86. The molecule has 1 N–H and O–H groups in total. The van der Waals surface area contributed by atoms with E-state index in [1.54, 1.807) is 0 Å². The van der Waals surface area contributed by atoms with E-state index in [4.69, 9.17) is 0 Å². The van der Waals surface area contributed by atoms with Gasteiger partial charge in [0.25, 0.3) is 0 Å². The van der Waals surface area contributed by atoms with Crippen molar-refractivity contribution in [3.63, 3.8) is 0 Å². The van der Waals surface area contributed by atoms with Crippen LogP contribution in [0.1, 0.15) is 31.7 Å². The lowest BCUT2D eigenvalue weighted by atomic mass is 9.90. The van der Waals surface area contributed by atoms with E-state index in [9.17, 15) is 0 Å². The highest BCUT2D eigenvalue weighted by Crippen LogP contribution is 2.21. The van der Waals surface area contributed by atoms with Crippen molar-refractivity contribution in [3.05, 3.63) is 29.8 Å². The number of benzene rings is 1. The van der Waals surface area contributed by atoms with E-state index in [-0.39, 0.29) is 0 Å². The second kappa shape index (κ2) is 5.32. The molecule has 2 atom stereocenters. The van der Waals surface area contributed by atoms with Crippen LogP contribution >= 0.6 is 0 Å². The minimum absolute atomic E-state index is 0.512. The lowest BCUT2D eigenvalue weighted by Crippen LogP contribution is -2.31. The molecule has 0 saturated heterocycles. The Hall–Kier alpha value is -0.603. The predicted octanol–water partition coefficient (Wildman–Crippen LogP) is 1.58. The van der Waals surface area contributed by atoms with E-state index < -0.39 is 0 Å². The van der Waals surface area contributed by atoms with Gasteiger partial charge in [-0.15, -0.1) is 0 Å². The summed E-state index contributed by atoms with van der Waals surface area (Å²) in [5, 5.41) is 4.53. The normalized spacial score (nSPS) is 15.1. The van der Waals surface area contributed by atoms with Crippen LogP contribution in [-0.4, -0.2) is 23.3 Å². The highest BCUT2D eigenvalue weighted by molar-refractivity contribution is 6.33. The zero-order valence-corrected chi connectivity index (χ0v) is 10.2.